The molecule has 0 bridgehead atoms. The Bertz CT molecular complexity index is 678. The first-order chi connectivity index (χ1) is 10.6. The second kappa shape index (κ2) is 7.04. The zero-order valence-electron chi connectivity index (χ0n) is 12.7. The normalized spacial score (nSPS) is 12.0. The van der Waals surface area contributed by atoms with Crippen molar-refractivity contribution in [3.63, 3.8) is 0 Å². The number of fused-ring (bicyclic) bond motifs is 1. The summed E-state index contributed by atoms with van der Waals surface area (Å²) in [4.78, 5) is 25.9. The third kappa shape index (κ3) is 2.94. The van der Waals surface area contributed by atoms with E-state index in [-0.39, 0.29) is 5.91 Å². The monoisotopic (exact) mass is 301 g/mol. The minimum atomic E-state index is -0.999. The van der Waals surface area contributed by atoms with E-state index >= 15 is 0 Å². The van der Waals surface area contributed by atoms with Crippen molar-refractivity contribution < 1.29 is 19.4 Å². The predicted molar refractivity (Wildman–Crippen MR) is 83.5 cm³/mol. The molecule has 2 aromatic rings. The standard InChI is InChI=1S/C17H19NO4/c1-3-18(15(11-19)17(21)22-2)16(20)14-10-6-8-12-7-4-5-9-13(12)14/h4-10,15,19H,3,11H2,1-2H3. The summed E-state index contributed by atoms with van der Waals surface area (Å²) in [5, 5.41) is 11.2. The predicted octanol–water partition coefficient (Wildman–Crippen LogP) is 1.84. The van der Waals surface area contributed by atoms with Crippen LogP contribution in [-0.2, 0) is 9.53 Å². The molecule has 5 heteroatoms. The molecule has 0 fully saturated rings. The number of nitrogens with zero attached hydrogens (tertiary/aromatic N) is 1. The number of benzene rings is 2. The van der Waals surface area contributed by atoms with Crippen LogP contribution in [0.25, 0.3) is 10.8 Å². The van der Waals surface area contributed by atoms with E-state index in [1.165, 1.54) is 12.0 Å². The van der Waals surface area contributed by atoms with E-state index < -0.39 is 18.6 Å². The lowest BCUT2D eigenvalue weighted by Crippen LogP contribution is -2.47. The second-order valence-corrected chi connectivity index (χ2v) is 4.84. The molecule has 0 heterocycles. The van der Waals surface area contributed by atoms with Gasteiger partial charge in [-0.2, -0.15) is 0 Å². The number of rotatable bonds is 5. The van der Waals surface area contributed by atoms with E-state index in [4.69, 9.17) is 0 Å². The van der Waals surface area contributed by atoms with Crippen LogP contribution < -0.4 is 0 Å². The Balaban J connectivity index is 2.45. The Morgan fingerprint density at radius 2 is 1.86 bits per heavy atom. The number of hydrogen-bond acceptors (Lipinski definition) is 4. The molecule has 1 amide bonds. The lowest BCUT2D eigenvalue weighted by molar-refractivity contribution is -0.147. The maximum Gasteiger partial charge on any atom is 0.331 e. The highest BCUT2D eigenvalue weighted by Crippen LogP contribution is 2.21. The molecule has 1 atom stereocenters. The van der Waals surface area contributed by atoms with Crippen LogP contribution in [-0.4, -0.2) is 48.2 Å². The van der Waals surface area contributed by atoms with Crippen LogP contribution in [0.4, 0.5) is 0 Å². The van der Waals surface area contributed by atoms with Gasteiger partial charge in [0.05, 0.1) is 13.7 Å². The average Bonchev–Trinajstić information content (AvgIpc) is 2.57. The first kappa shape index (κ1) is 16.0. The van der Waals surface area contributed by atoms with Crippen molar-refractivity contribution in [2.24, 2.45) is 0 Å². The van der Waals surface area contributed by atoms with Gasteiger partial charge in [-0.05, 0) is 23.8 Å². The van der Waals surface area contributed by atoms with E-state index in [0.717, 1.165) is 10.8 Å². The number of carbonyl (C=O) groups excluding carboxylic acids is 2. The third-order valence-corrected chi connectivity index (χ3v) is 3.64. The lowest BCUT2D eigenvalue weighted by atomic mass is 10.0. The van der Waals surface area contributed by atoms with Gasteiger partial charge in [-0.15, -0.1) is 0 Å². The van der Waals surface area contributed by atoms with E-state index in [0.29, 0.717) is 12.1 Å². The Kier molecular flexibility index (Phi) is 5.12. The quantitative estimate of drug-likeness (QED) is 0.856. The molecular formula is C17H19NO4. The topological polar surface area (TPSA) is 66.8 Å². The molecule has 0 saturated carbocycles. The molecule has 0 aromatic heterocycles. The number of amides is 1. The Morgan fingerprint density at radius 3 is 2.50 bits per heavy atom. The van der Waals surface area contributed by atoms with Gasteiger partial charge in [0, 0.05) is 12.1 Å². The van der Waals surface area contributed by atoms with E-state index in [9.17, 15) is 14.7 Å². The molecule has 116 valence electrons. The van der Waals surface area contributed by atoms with Crippen molar-refractivity contribution in [1.82, 2.24) is 4.90 Å². The lowest BCUT2D eigenvalue weighted by Gasteiger charge is -2.27. The van der Waals surface area contributed by atoms with Gasteiger partial charge in [-0.1, -0.05) is 36.4 Å². The number of likely N-dealkylation sites (N-methyl/N-ethyl adjacent to an activating group) is 1. The fourth-order valence-corrected chi connectivity index (χ4v) is 2.51. The van der Waals surface area contributed by atoms with Crippen LogP contribution in [0.15, 0.2) is 42.5 Å². The van der Waals surface area contributed by atoms with Gasteiger partial charge in [0.25, 0.3) is 5.91 Å². The summed E-state index contributed by atoms with van der Waals surface area (Å²) in [6, 6.07) is 12.0. The molecule has 0 radical (unpaired) electrons. The van der Waals surface area contributed by atoms with Crippen molar-refractivity contribution in [2.45, 2.75) is 13.0 Å². The van der Waals surface area contributed by atoms with Gasteiger partial charge in [-0.3, -0.25) is 4.79 Å². The number of aliphatic hydroxyl groups is 1. The van der Waals surface area contributed by atoms with Crippen molar-refractivity contribution in [3.8, 4) is 0 Å². The summed E-state index contributed by atoms with van der Waals surface area (Å²) in [6.07, 6.45) is 0. The molecule has 22 heavy (non-hydrogen) atoms. The van der Waals surface area contributed by atoms with Crippen LogP contribution in [0.1, 0.15) is 17.3 Å². The number of ether oxygens (including phenoxy) is 1. The van der Waals surface area contributed by atoms with Gasteiger partial charge in [0.2, 0.25) is 0 Å². The van der Waals surface area contributed by atoms with Crippen LogP contribution in [0.3, 0.4) is 0 Å². The van der Waals surface area contributed by atoms with Crippen molar-refractivity contribution in [1.29, 1.82) is 0 Å². The van der Waals surface area contributed by atoms with Crippen LogP contribution in [0.2, 0.25) is 0 Å². The SMILES string of the molecule is CCN(C(=O)c1cccc2ccccc12)C(CO)C(=O)OC. The zero-order valence-corrected chi connectivity index (χ0v) is 12.7. The molecule has 2 aromatic carbocycles. The molecular weight excluding hydrogens is 282 g/mol. The molecule has 1 N–H and O–H groups in total. The number of aliphatic hydroxyl groups excluding tert-OH is 1. The van der Waals surface area contributed by atoms with E-state index in [1.807, 2.05) is 30.3 Å². The molecule has 0 saturated heterocycles. The van der Waals surface area contributed by atoms with Gasteiger partial charge < -0.3 is 14.7 Å². The first-order valence-electron chi connectivity index (χ1n) is 7.11. The fraction of sp³-hybridized carbons (Fsp3) is 0.294. The molecule has 0 aliphatic rings. The minimum absolute atomic E-state index is 0.294. The minimum Gasteiger partial charge on any atom is -0.467 e. The van der Waals surface area contributed by atoms with E-state index in [2.05, 4.69) is 4.74 Å². The van der Waals surface area contributed by atoms with Crippen molar-refractivity contribution in [3.05, 3.63) is 48.0 Å². The number of methoxy groups -OCH3 is 1. The van der Waals surface area contributed by atoms with Gasteiger partial charge >= 0.3 is 5.97 Å². The van der Waals surface area contributed by atoms with E-state index in [1.54, 1.807) is 19.1 Å². The van der Waals surface area contributed by atoms with Gasteiger partial charge in [0.15, 0.2) is 6.04 Å². The molecule has 5 nitrogen and oxygen atoms in total. The fourth-order valence-electron chi connectivity index (χ4n) is 2.51. The summed E-state index contributed by atoms with van der Waals surface area (Å²) in [7, 11) is 1.24. The van der Waals surface area contributed by atoms with Crippen molar-refractivity contribution >= 4 is 22.6 Å². The maximum atomic E-state index is 12.8. The molecule has 0 aliphatic carbocycles. The number of hydrogen-bond donors (Lipinski definition) is 1. The van der Waals surface area contributed by atoms with Gasteiger partial charge in [0.1, 0.15) is 0 Å². The third-order valence-electron chi connectivity index (χ3n) is 3.64. The second-order valence-electron chi connectivity index (χ2n) is 4.84. The molecule has 2 rings (SSSR count). The van der Waals surface area contributed by atoms with Crippen LogP contribution >= 0.6 is 0 Å². The Labute approximate surface area is 129 Å². The summed E-state index contributed by atoms with van der Waals surface area (Å²) in [5.74, 6) is -0.929. The van der Waals surface area contributed by atoms with Crippen LogP contribution in [0, 0.1) is 0 Å². The molecule has 1 unspecified atom stereocenters. The first-order valence-corrected chi connectivity index (χ1v) is 7.11. The highest BCUT2D eigenvalue weighted by molar-refractivity contribution is 6.08. The Morgan fingerprint density at radius 1 is 1.18 bits per heavy atom. The van der Waals surface area contributed by atoms with Crippen molar-refractivity contribution in [2.75, 3.05) is 20.3 Å². The maximum absolute atomic E-state index is 12.8. The summed E-state index contributed by atoms with van der Waals surface area (Å²) in [5.41, 5.74) is 0.502. The Hall–Kier alpha value is -2.40. The van der Waals surface area contributed by atoms with Gasteiger partial charge in [-0.25, -0.2) is 4.79 Å². The molecule has 0 spiro atoms. The number of carbonyl (C=O) groups is 2. The largest absolute Gasteiger partial charge is 0.467 e. The summed E-state index contributed by atoms with van der Waals surface area (Å²) in [6.45, 7) is 1.58. The summed E-state index contributed by atoms with van der Waals surface area (Å²) < 4.78 is 4.67. The summed E-state index contributed by atoms with van der Waals surface area (Å²) >= 11 is 0. The number of esters is 1. The van der Waals surface area contributed by atoms with Crippen LogP contribution in [0.5, 0.6) is 0 Å². The molecule has 0 aliphatic heterocycles. The smallest absolute Gasteiger partial charge is 0.331 e. The average molecular weight is 301 g/mol. The highest BCUT2D eigenvalue weighted by Gasteiger charge is 2.30. The highest BCUT2D eigenvalue weighted by atomic mass is 16.5. The zero-order chi connectivity index (χ0) is 16.1.